The minimum absolute atomic E-state index is 0.0505. The van der Waals surface area contributed by atoms with Gasteiger partial charge in [0.1, 0.15) is 15.9 Å². The van der Waals surface area contributed by atoms with Gasteiger partial charge in [0, 0.05) is 12.5 Å². The molecule has 0 saturated heterocycles. The minimum Gasteiger partial charge on any atom is -0.386 e. The number of hydrogen-bond acceptors (Lipinski definition) is 5. The van der Waals surface area contributed by atoms with Crippen molar-refractivity contribution in [2.75, 3.05) is 6.26 Å². The van der Waals surface area contributed by atoms with Crippen molar-refractivity contribution in [2.24, 2.45) is 5.92 Å². The van der Waals surface area contributed by atoms with Crippen LogP contribution in [-0.4, -0.2) is 35.0 Å². The van der Waals surface area contributed by atoms with Crippen LogP contribution in [0.1, 0.15) is 43.2 Å². The first-order valence-electron chi connectivity index (χ1n) is 6.53. The lowest BCUT2D eigenvalue weighted by Gasteiger charge is -2.30. The second kappa shape index (κ2) is 5.54. The molecule has 1 aromatic rings. The first-order chi connectivity index (χ1) is 8.88. The maximum Gasteiger partial charge on any atom is 0.150 e. The van der Waals surface area contributed by atoms with Crippen molar-refractivity contribution < 1.29 is 13.5 Å². The van der Waals surface area contributed by atoms with Crippen LogP contribution in [0.25, 0.3) is 0 Å². The molecule has 0 aromatic carbocycles. The van der Waals surface area contributed by atoms with Gasteiger partial charge in [-0.3, -0.25) is 9.97 Å². The van der Waals surface area contributed by atoms with Crippen molar-refractivity contribution in [1.29, 1.82) is 0 Å². The molecule has 5 nitrogen and oxygen atoms in total. The molecule has 3 atom stereocenters. The number of hydrogen-bond donors (Lipinski definition) is 1. The highest BCUT2D eigenvalue weighted by Crippen LogP contribution is 2.35. The smallest absolute Gasteiger partial charge is 0.150 e. The van der Waals surface area contributed by atoms with E-state index in [1.807, 2.05) is 6.92 Å². The first-order valence-corrected chi connectivity index (χ1v) is 8.49. The SMILES string of the molecule is Cc1cnc(C(O)C2CCCC(S(C)(=O)=O)C2)cn1. The zero-order valence-corrected chi connectivity index (χ0v) is 12.1. The summed E-state index contributed by atoms with van der Waals surface area (Å²) >= 11 is 0. The Bertz CT molecular complexity index is 527. The molecule has 2 rings (SSSR count). The van der Waals surface area contributed by atoms with Crippen molar-refractivity contribution in [3.8, 4) is 0 Å². The van der Waals surface area contributed by atoms with Gasteiger partial charge in [0.2, 0.25) is 0 Å². The van der Waals surface area contributed by atoms with Crippen LogP contribution in [-0.2, 0) is 9.84 Å². The summed E-state index contributed by atoms with van der Waals surface area (Å²) in [6, 6.07) is 0. The van der Waals surface area contributed by atoms with Crippen LogP contribution >= 0.6 is 0 Å². The number of rotatable bonds is 3. The van der Waals surface area contributed by atoms with Crippen LogP contribution in [0.2, 0.25) is 0 Å². The largest absolute Gasteiger partial charge is 0.386 e. The number of aliphatic hydroxyl groups excluding tert-OH is 1. The Kier molecular flexibility index (Phi) is 4.20. The predicted octanol–water partition coefficient (Wildman–Crippen LogP) is 1.42. The minimum atomic E-state index is -3.03. The monoisotopic (exact) mass is 284 g/mol. The number of nitrogens with zero attached hydrogens (tertiary/aromatic N) is 2. The normalized spacial score (nSPS) is 26.1. The summed E-state index contributed by atoms with van der Waals surface area (Å²) in [7, 11) is -3.03. The Balaban J connectivity index is 2.11. The van der Waals surface area contributed by atoms with Gasteiger partial charge in [-0.15, -0.1) is 0 Å². The van der Waals surface area contributed by atoms with E-state index in [4.69, 9.17) is 0 Å². The maximum atomic E-state index is 11.6. The number of aliphatic hydroxyl groups is 1. The Hall–Kier alpha value is -1.01. The molecule has 106 valence electrons. The summed E-state index contributed by atoms with van der Waals surface area (Å²) in [6.45, 7) is 1.84. The van der Waals surface area contributed by atoms with Gasteiger partial charge >= 0.3 is 0 Å². The van der Waals surface area contributed by atoms with Gasteiger partial charge in [-0.1, -0.05) is 6.42 Å². The van der Waals surface area contributed by atoms with Gasteiger partial charge in [-0.05, 0) is 32.1 Å². The van der Waals surface area contributed by atoms with Crippen LogP contribution < -0.4 is 0 Å². The summed E-state index contributed by atoms with van der Waals surface area (Å²) in [5.74, 6) is -0.0505. The molecule has 1 fully saturated rings. The molecular weight excluding hydrogens is 264 g/mol. The summed E-state index contributed by atoms with van der Waals surface area (Å²) in [5, 5.41) is 9.99. The topological polar surface area (TPSA) is 80.2 Å². The lowest BCUT2D eigenvalue weighted by molar-refractivity contribution is 0.0816. The first kappa shape index (κ1) is 14.4. The molecule has 19 heavy (non-hydrogen) atoms. The predicted molar refractivity (Wildman–Crippen MR) is 72.3 cm³/mol. The van der Waals surface area contributed by atoms with Crippen LogP contribution in [0.5, 0.6) is 0 Å². The van der Waals surface area contributed by atoms with E-state index in [1.165, 1.54) is 6.26 Å². The third kappa shape index (κ3) is 3.51. The number of aryl methyl sites for hydroxylation is 1. The van der Waals surface area contributed by atoms with E-state index in [9.17, 15) is 13.5 Å². The van der Waals surface area contributed by atoms with E-state index in [-0.39, 0.29) is 11.2 Å². The van der Waals surface area contributed by atoms with Crippen LogP contribution in [0, 0.1) is 12.8 Å². The fraction of sp³-hybridized carbons (Fsp3) is 0.692. The molecule has 3 unspecified atom stereocenters. The second-order valence-corrected chi connectivity index (χ2v) is 7.73. The van der Waals surface area contributed by atoms with E-state index >= 15 is 0 Å². The lowest BCUT2D eigenvalue weighted by Crippen LogP contribution is -2.30. The summed E-state index contributed by atoms with van der Waals surface area (Å²) in [5.41, 5.74) is 1.33. The van der Waals surface area contributed by atoms with Gasteiger partial charge in [0.25, 0.3) is 0 Å². The maximum absolute atomic E-state index is 11.6. The Morgan fingerprint density at radius 1 is 1.32 bits per heavy atom. The lowest BCUT2D eigenvalue weighted by atomic mass is 9.84. The molecular formula is C13H20N2O3S. The quantitative estimate of drug-likeness (QED) is 0.908. The van der Waals surface area contributed by atoms with Crippen molar-refractivity contribution in [3.63, 3.8) is 0 Å². The fourth-order valence-corrected chi connectivity index (χ4v) is 3.85. The van der Waals surface area contributed by atoms with Gasteiger partial charge in [0.15, 0.2) is 0 Å². The Morgan fingerprint density at radius 2 is 2.05 bits per heavy atom. The Labute approximate surface area is 114 Å². The highest BCUT2D eigenvalue weighted by atomic mass is 32.2. The van der Waals surface area contributed by atoms with Crippen molar-refractivity contribution in [2.45, 2.75) is 44.0 Å². The van der Waals surface area contributed by atoms with E-state index in [0.717, 1.165) is 18.5 Å². The molecule has 1 aliphatic carbocycles. The fourth-order valence-electron chi connectivity index (χ4n) is 2.65. The van der Waals surface area contributed by atoms with Crippen molar-refractivity contribution in [3.05, 3.63) is 23.8 Å². The van der Waals surface area contributed by atoms with Gasteiger partial charge in [0.05, 0.1) is 22.8 Å². The van der Waals surface area contributed by atoms with Crippen LogP contribution in [0.4, 0.5) is 0 Å². The highest BCUT2D eigenvalue weighted by Gasteiger charge is 2.33. The molecule has 0 radical (unpaired) electrons. The van der Waals surface area contributed by atoms with E-state index < -0.39 is 15.9 Å². The molecule has 6 heteroatoms. The van der Waals surface area contributed by atoms with Gasteiger partial charge in [-0.2, -0.15) is 0 Å². The summed E-state index contributed by atoms with van der Waals surface area (Å²) in [4.78, 5) is 8.30. The van der Waals surface area contributed by atoms with Gasteiger partial charge in [-0.25, -0.2) is 8.42 Å². The summed E-state index contributed by atoms with van der Waals surface area (Å²) in [6.07, 6.45) is 6.62. The van der Waals surface area contributed by atoms with Crippen molar-refractivity contribution in [1.82, 2.24) is 9.97 Å². The second-order valence-electron chi connectivity index (χ2n) is 5.41. The Morgan fingerprint density at radius 3 is 2.63 bits per heavy atom. The summed E-state index contributed by atoms with van der Waals surface area (Å²) < 4.78 is 23.3. The van der Waals surface area contributed by atoms with Gasteiger partial charge < -0.3 is 5.11 Å². The molecule has 0 amide bonds. The average molecular weight is 284 g/mol. The molecule has 0 bridgehead atoms. The molecule has 0 aliphatic heterocycles. The van der Waals surface area contributed by atoms with E-state index in [0.29, 0.717) is 18.5 Å². The highest BCUT2D eigenvalue weighted by molar-refractivity contribution is 7.91. The van der Waals surface area contributed by atoms with E-state index in [1.54, 1.807) is 12.4 Å². The van der Waals surface area contributed by atoms with Crippen LogP contribution in [0.15, 0.2) is 12.4 Å². The number of aromatic nitrogens is 2. The third-order valence-corrected chi connectivity index (χ3v) is 5.46. The molecule has 1 heterocycles. The molecule has 1 saturated carbocycles. The number of sulfone groups is 1. The molecule has 1 aromatic heterocycles. The standard InChI is InChI=1S/C13H20N2O3S/c1-9-7-15-12(8-14-9)13(16)10-4-3-5-11(6-10)19(2,17)18/h7-8,10-11,13,16H,3-6H2,1-2H3. The zero-order chi connectivity index (χ0) is 14.0. The zero-order valence-electron chi connectivity index (χ0n) is 11.3. The molecule has 1 N–H and O–H groups in total. The van der Waals surface area contributed by atoms with E-state index in [2.05, 4.69) is 9.97 Å². The van der Waals surface area contributed by atoms with Crippen LogP contribution in [0.3, 0.4) is 0 Å². The molecule has 1 aliphatic rings. The third-order valence-electron chi connectivity index (χ3n) is 3.82. The van der Waals surface area contributed by atoms with Crippen molar-refractivity contribution >= 4 is 9.84 Å². The average Bonchev–Trinajstić information content (AvgIpc) is 2.38. The molecule has 0 spiro atoms.